The summed E-state index contributed by atoms with van der Waals surface area (Å²) >= 11 is 0. The molecule has 4 rings (SSSR count). The number of aromatic nitrogens is 1. The average Bonchev–Trinajstić information content (AvgIpc) is 2.78. The van der Waals surface area contributed by atoms with Gasteiger partial charge in [-0.2, -0.15) is 0 Å². The van der Waals surface area contributed by atoms with Crippen LogP contribution in [0.25, 0.3) is 10.9 Å². The molecule has 1 aromatic heterocycles. The molecule has 31 heavy (non-hydrogen) atoms. The van der Waals surface area contributed by atoms with Crippen molar-refractivity contribution in [2.24, 2.45) is 0 Å². The molecule has 1 aliphatic rings. The van der Waals surface area contributed by atoms with Crippen molar-refractivity contribution in [1.82, 2.24) is 10.3 Å². The monoisotopic (exact) mass is 415 g/mol. The molecule has 0 aliphatic carbocycles. The summed E-state index contributed by atoms with van der Waals surface area (Å²) in [7, 11) is 5.47. The Morgan fingerprint density at radius 2 is 2.10 bits per heavy atom. The summed E-state index contributed by atoms with van der Waals surface area (Å²) in [5.41, 5.74) is 3.92. The number of amides is 1. The highest BCUT2D eigenvalue weighted by Gasteiger charge is 2.25. The molecule has 0 spiro atoms. The van der Waals surface area contributed by atoms with Crippen LogP contribution < -0.4 is 15.0 Å². The van der Waals surface area contributed by atoms with Gasteiger partial charge in [0.15, 0.2) is 0 Å². The number of hydrogen-bond donors (Lipinski definition) is 1. The third-order valence-electron chi connectivity index (χ3n) is 5.26. The number of para-hydroxylation sites is 2. The van der Waals surface area contributed by atoms with Gasteiger partial charge in [-0.1, -0.05) is 42.2 Å². The van der Waals surface area contributed by atoms with E-state index in [0.29, 0.717) is 18.8 Å². The fourth-order valence-corrected chi connectivity index (χ4v) is 3.89. The van der Waals surface area contributed by atoms with Gasteiger partial charge in [-0.05, 0) is 12.1 Å². The van der Waals surface area contributed by atoms with Crippen molar-refractivity contribution in [3.8, 4) is 17.6 Å². The number of rotatable bonds is 4. The molecule has 3 aromatic rings. The van der Waals surface area contributed by atoms with Gasteiger partial charge in [-0.15, -0.1) is 0 Å². The van der Waals surface area contributed by atoms with Gasteiger partial charge in [-0.3, -0.25) is 9.78 Å². The number of ether oxygens (including phenoxy) is 2. The number of fused-ring (bicyclic) bond motifs is 2. The van der Waals surface area contributed by atoms with Crippen LogP contribution in [-0.4, -0.2) is 45.3 Å². The highest BCUT2D eigenvalue weighted by atomic mass is 16.5. The SMILES string of the molecule is COCC#Cc1cccc2c(N(C)C)c(C(=O)NC3CCOc4ccccc43)cnc12. The van der Waals surface area contributed by atoms with Gasteiger partial charge in [0, 0.05) is 44.8 Å². The number of methoxy groups -OCH3 is 1. The van der Waals surface area contributed by atoms with Gasteiger partial charge in [0.1, 0.15) is 12.4 Å². The predicted molar refractivity (Wildman–Crippen MR) is 122 cm³/mol. The van der Waals surface area contributed by atoms with Crippen molar-refractivity contribution >= 4 is 22.5 Å². The second-order valence-electron chi connectivity index (χ2n) is 7.55. The maximum absolute atomic E-state index is 13.3. The van der Waals surface area contributed by atoms with Crippen LogP contribution in [-0.2, 0) is 4.74 Å². The Labute approximate surface area is 182 Å². The van der Waals surface area contributed by atoms with Crippen molar-refractivity contribution in [2.45, 2.75) is 12.5 Å². The summed E-state index contributed by atoms with van der Waals surface area (Å²) in [6, 6.07) is 13.6. The molecule has 158 valence electrons. The lowest BCUT2D eigenvalue weighted by atomic mass is 9.99. The Balaban J connectivity index is 1.72. The number of nitrogens with one attached hydrogen (secondary N) is 1. The first-order valence-electron chi connectivity index (χ1n) is 10.2. The molecular formula is C25H25N3O3. The standard InChI is InChI=1S/C25H25N3O3/c1-28(2)24-19-11-6-8-17(9-7-14-30-3)23(19)26-16-20(24)25(29)27-21-13-15-31-22-12-5-4-10-18(21)22/h4-6,8,10-12,16,21H,13-15H2,1-3H3,(H,27,29). The smallest absolute Gasteiger partial charge is 0.255 e. The molecule has 2 heterocycles. The normalized spacial score (nSPS) is 14.7. The van der Waals surface area contributed by atoms with Gasteiger partial charge in [0.25, 0.3) is 5.91 Å². The molecule has 6 nitrogen and oxygen atoms in total. The van der Waals surface area contributed by atoms with Gasteiger partial charge in [0.05, 0.1) is 35.0 Å². The molecule has 1 unspecified atom stereocenters. The lowest BCUT2D eigenvalue weighted by Crippen LogP contribution is -2.33. The van der Waals surface area contributed by atoms with Crippen molar-refractivity contribution in [3.05, 3.63) is 65.4 Å². The molecule has 0 saturated carbocycles. The molecule has 1 aliphatic heterocycles. The second kappa shape index (κ2) is 9.07. The van der Waals surface area contributed by atoms with E-state index in [-0.39, 0.29) is 11.9 Å². The summed E-state index contributed by atoms with van der Waals surface area (Å²) in [6.45, 7) is 0.923. The molecule has 0 fully saturated rings. The van der Waals surface area contributed by atoms with Crippen molar-refractivity contribution in [1.29, 1.82) is 0 Å². The van der Waals surface area contributed by atoms with Gasteiger partial charge in [0.2, 0.25) is 0 Å². The first-order chi connectivity index (χ1) is 15.1. The highest BCUT2D eigenvalue weighted by Crippen LogP contribution is 2.33. The lowest BCUT2D eigenvalue weighted by Gasteiger charge is -2.27. The fraction of sp³-hybridized carbons (Fsp3) is 0.280. The molecule has 6 heteroatoms. The van der Waals surface area contributed by atoms with E-state index in [0.717, 1.165) is 39.9 Å². The largest absolute Gasteiger partial charge is 0.493 e. The zero-order chi connectivity index (χ0) is 21.8. The summed E-state index contributed by atoms with van der Waals surface area (Å²) in [4.78, 5) is 19.9. The Kier molecular flexibility index (Phi) is 6.06. The minimum Gasteiger partial charge on any atom is -0.493 e. The second-order valence-corrected chi connectivity index (χ2v) is 7.55. The van der Waals surface area contributed by atoms with E-state index in [1.807, 2.05) is 61.5 Å². The van der Waals surface area contributed by atoms with Crippen LogP contribution in [0.3, 0.4) is 0 Å². The minimum atomic E-state index is -0.157. The molecular weight excluding hydrogens is 390 g/mol. The van der Waals surface area contributed by atoms with Crippen molar-refractivity contribution in [3.63, 3.8) is 0 Å². The molecule has 1 atom stereocenters. The van der Waals surface area contributed by atoms with E-state index < -0.39 is 0 Å². The number of hydrogen-bond acceptors (Lipinski definition) is 5. The topological polar surface area (TPSA) is 63.7 Å². The molecule has 0 radical (unpaired) electrons. The van der Waals surface area contributed by atoms with E-state index in [1.54, 1.807) is 13.3 Å². The first kappa shape index (κ1) is 20.7. The maximum Gasteiger partial charge on any atom is 0.255 e. The summed E-state index contributed by atoms with van der Waals surface area (Å²) in [5.74, 6) is 6.75. The summed E-state index contributed by atoms with van der Waals surface area (Å²) in [6.07, 6.45) is 2.36. The Morgan fingerprint density at radius 1 is 1.26 bits per heavy atom. The molecule has 0 bridgehead atoms. The summed E-state index contributed by atoms with van der Waals surface area (Å²) < 4.78 is 10.7. The van der Waals surface area contributed by atoms with E-state index in [9.17, 15) is 4.79 Å². The maximum atomic E-state index is 13.3. The quantitative estimate of drug-likeness (QED) is 0.661. The zero-order valence-corrected chi connectivity index (χ0v) is 17.9. The summed E-state index contributed by atoms with van der Waals surface area (Å²) in [5, 5.41) is 4.06. The number of benzene rings is 2. The van der Waals surface area contributed by atoms with Crippen LogP contribution >= 0.6 is 0 Å². The molecule has 2 aromatic carbocycles. The lowest BCUT2D eigenvalue weighted by molar-refractivity contribution is 0.0925. The number of carbonyl (C=O) groups excluding carboxylic acids is 1. The Hall–Kier alpha value is -3.56. The minimum absolute atomic E-state index is 0.102. The third-order valence-corrected chi connectivity index (χ3v) is 5.26. The van der Waals surface area contributed by atoms with E-state index in [1.165, 1.54) is 0 Å². The fourth-order valence-electron chi connectivity index (χ4n) is 3.89. The van der Waals surface area contributed by atoms with Crippen LogP contribution in [0.1, 0.15) is 33.9 Å². The highest BCUT2D eigenvalue weighted by molar-refractivity contribution is 6.08. The Morgan fingerprint density at radius 3 is 2.90 bits per heavy atom. The van der Waals surface area contributed by atoms with E-state index in [4.69, 9.17) is 9.47 Å². The van der Waals surface area contributed by atoms with Crippen LogP contribution in [0.15, 0.2) is 48.7 Å². The zero-order valence-electron chi connectivity index (χ0n) is 17.9. The van der Waals surface area contributed by atoms with Crippen LogP contribution in [0.2, 0.25) is 0 Å². The molecule has 1 N–H and O–H groups in total. The van der Waals surface area contributed by atoms with E-state index >= 15 is 0 Å². The third kappa shape index (κ3) is 4.18. The van der Waals surface area contributed by atoms with Gasteiger partial charge >= 0.3 is 0 Å². The molecule has 1 amide bonds. The number of anilines is 1. The Bertz CT molecular complexity index is 1180. The number of pyridine rings is 1. The van der Waals surface area contributed by atoms with Crippen LogP contribution in [0.4, 0.5) is 5.69 Å². The van der Waals surface area contributed by atoms with Crippen LogP contribution in [0.5, 0.6) is 5.75 Å². The first-order valence-corrected chi connectivity index (χ1v) is 10.2. The van der Waals surface area contributed by atoms with E-state index in [2.05, 4.69) is 22.1 Å². The van der Waals surface area contributed by atoms with Crippen LogP contribution in [0, 0.1) is 11.8 Å². The average molecular weight is 415 g/mol. The van der Waals surface area contributed by atoms with Crippen molar-refractivity contribution < 1.29 is 14.3 Å². The predicted octanol–water partition coefficient (Wildman–Crippen LogP) is 3.55. The number of nitrogens with zero attached hydrogens (tertiary/aromatic N) is 2. The van der Waals surface area contributed by atoms with Gasteiger partial charge < -0.3 is 19.7 Å². The van der Waals surface area contributed by atoms with Crippen molar-refractivity contribution in [2.75, 3.05) is 39.3 Å². The van der Waals surface area contributed by atoms with Gasteiger partial charge in [-0.25, -0.2) is 0 Å². The number of carbonyl (C=O) groups is 1. The molecule has 0 saturated heterocycles.